The Bertz CT molecular complexity index is 806. The molecule has 0 aliphatic carbocycles. The average molecular weight is 343 g/mol. The number of anilines is 2. The quantitative estimate of drug-likeness (QED) is 0.664. The lowest BCUT2D eigenvalue weighted by atomic mass is 10.1. The molecule has 3 aromatic rings. The molecular weight excluding hydrogens is 322 g/mol. The summed E-state index contributed by atoms with van der Waals surface area (Å²) in [5, 5.41) is 15.1. The molecule has 0 spiro atoms. The first-order valence-corrected chi connectivity index (χ1v) is 9.12. The number of piperidine rings is 1. The van der Waals surface area contributed by atoms with E-state index in [0.717, 1.165) is 44.0 Å². The van der Waals surface area contributed by atoms with Crippen LogP contribution in [0.25, 0.3) is 10.9 Å². The number of para-hydroxylation sites is 1. The lowest BCUT2D eigenvalue weighted by Gasteiger charge is -2.28. The van der Waals surface area contributed by atoms with Crippen LogP contribution in [0, 0.1) is 0 Å². The Kier molecular flexibility index (Phi) is 4.36. The fourth-order valence-corrected chi connectivity index (χ4v) is 3.82. The number of aliphatic hydroxyl groups excluding tert-OH is 1. The van der Waals surface area contributed by atoms with Crippen LogP contribution in [-0.2, 0) is 6.42 Å². The summed E-state index contributed by atoms with van der Waals surface area (Å²) in [7, 11) is 0. The number of H-pyrrole nitrogens is 1. The maximum absolute atomic E-state index is 9.59. The smallest absolute Gasteiger partial charge is 0.236 e. The molecule has 0 saturated carbocycles. The van der Waals surface area contributed by atoms with Crippen molar-refractivity contribution in [3.8, 4) is 0 Å². The monoisotopic (exact) mass is 343 g/mol. The summed E-state index contributed by atoms with van der Waals surface area (Å²) >= 11 is 1.42. The van der Waals surface area contributed by atoms with Crippen molar-refractivity contribution in [2.75, 3.05) is 29.9 Å². The largest absolute Gasteiger partial charge is 0.393 e. The van der Waals surface area contributed by atoms with Crippen molar-refractivity contribution >= 4 is 33.5 Å². The first-order valence-electron chi connectivity index (χ1n) is 8.35. The molecule has 0 bridgehead atoms. The topological polar surface area (TPSA) is 77.1 Å². The lowest BCUT2D eigenvalue weighted by Crippen LogP contribution is -2.35. The summed E-state index contributed by atoms with van der Waals surface area (Å²) in [5.41, 5.74) is 2.48. The van der Waals surface area contributed by atoms with Crippen LogP contribution in [0.3, 0.4) is 0 Å². The molecular formula is C17H21N5OS. The van der Waals surface area contributed by atoms with Crippen LogP contribution < -0.4 is 10.2 Å². The van der Waals surface area contributed by atoms with Gasteiger partial charge < -0.3 is 20.3 Å². The fraction of sp³-hybridized carbons (Fsp3) is 0.412. The Morgan fingerprint density at radius 1 is 1.29 bits per heavy atom. The van der Waals surface area contributed by atoms with Crippen LogP contribution in [0.5, 0.6) is 0 Å². The number of hydrogen-bond donors (Lipinski definition) is 3. The van der Waals surface area contributed by atoms with E-state index in [4.69, 9.17) is 0 Å². The number of hydrogen-bond acceptors (Lipinski definition) is 6. The summed E-state index contributed by atoms with van der Waals surface area (Å²) in [6, 6.07) is 8.35. The van der Waals surface area contributed by atoms with Crippen molar-refractivity contribution in [1.29, 1.82) is 0 Å². The van der Waals surface area contributed by atoms with Crippen LogP contribution in [0.15, 0.2) is 30.5 Å². The standard InChI is InChI=1S/C17H21N5OS/c23-13-6-9-22(10-7-13)17-20-16(21-24-17)18-8-5-12-11-19-15-4-2-1-3-14(12)15/h1-4,11,13,19,23H,5-10H2,(H,18,21). The minimum absolute atomic E-state index is 0.164. The molecule has 2 aromatic heterocycles. The highest BCUT2D eigenvalue weighted by molar-refractivity contribution is 7.09. The Morgan fingerprint density at radius 2 is 2.12 bits per heavy atom. The van der Waals surface area contributed by atoms with Gasteiger partial charge in [0, 0.05) is 48.3 Å². The summed E-state index contributed by atoms with van der Waals surface area (Å²) in [6.45, 7) is 2.51. The van der Waals surface area contributed by atoms with Gasteiger partial charge in [0.05, 0.1) is 6.10 Å². The third-order valence-corrected chi connectivity index (χ3v) is 5.28. The molecule has 1 saturated heterocycles. The Balaban J connectivity index is 1.33. The lowest BCUT2D eigenvalue weighted by molar-refractivity contribution is 0.145. The van der Waals surface area contributed by atoms with Crippen LogP contribution in [0.2, 0.25) is 0 Å². The van der Waals surface area contributed by atoms with Crippen LogP contribution >= 0.6 is 11.5 Å². The number of fused-ring (bicyclic) bond motifs is 1. The minimum Gasteiger partial charge on any atom is -0.393 e. The molecule has 6 nitrogen and oxygen atoms in total. The maximum atomic E-state index is 9.59. The number of aliphatic hydroxyl groups is 1. The number of nitrogens with zero attached hydrogens (tertiary/aromatic N) is 3. The van der Waals surface area contributed by atoms with Gasteiger partial charge in [-0.1, -0.05) is 18.2 Å². The van der Waals surface area contributed by atoms with E-state index in [0.29, 0.717) is 5.95 Å². The number of aromatic amines is 1. The van der Waals surface area contributed by atoms with Crippen molar-refractivity contribution in [2.45, 2.75) is 25.4 Å². The summed E-state index contributed by atoms with van der Waals surface area (Å²) in [6.07, 6.45) is 4.45. The first-order chi connectivity index (χ1) is 11.8. The Labute approximate surface area is 144 Å². The highest BCUT2D eigenvalue weighted by atomic mass is 32.1. The molecule has 3 heterocycles. The molecule has 0 atom stereocenters. The molecule has 1 fully saturated rings. The molecule has 7 heteroatoms. The van der Waals surface area contributed by atoms with Gasteiger partial charge in [-0.3, -0.25) is 0 Å². The van der Waals surface area contributed by atoms with Crippen LogP contribution in [0.4, 0.5) is 11.1 Å². The second-order valence-corrected chi connectivity index (χ2v) is 6.89. The molecule has 0 unspecified atom stereocenters. The second-order valence-electron chi connectivity index (χ2n) is 6.16. The number of benzene rings is 1. The van der Waals surface area contributed by atoms with Crippen LogP contribution in [-0.4, -0.2) is 45.2 Å². The number of rotatable bonds is 5. The van der Waals surface area contributed by atoms with Crippen LogP contribution in [0.1, 0.15) is 18.4 Å². The van der Waals surface area contributed by atoms with E-state index in [1.165, 1.54) is 28.0 Å². The van der Waals surface area contributed by atoms with Gasteiger partial charge in [-0.25, -0.2) is 0 Å². The normalized spacial score (nSPS) is 16.0. The average Bonchev–Trinajstić information content (AvgIpc) is 3.23. The minimum atomic E-state index is -0.164. The van der Waals surface area contributed by atoms with Gasteiger partial charge in [0.15, 0.2) is 0 Å². The third-order valence-electron chi connectivity index (χ3n) is 4.50. The third kappa shape index (κ3) is 3.22. The van der Waals surface area contributed by atoms with Gasteiger partial charge >= 0.3 is 0 Å². The first kappa shape index (κ1) is 15.4. The molecule has 3 N–H and O–H groups in total. The van der Waals surface area contributed by atoms with E-state index in [-0.39, 0.29) is 6.10 Å². The van der Waals surface area contributed by atoms with E-state index in [9.17, 15) is 5.11 Å². The number of nitrogens with one attached hydrogen (secondary N) is 2. The molecule has 126 valence electrons. The Morgan fingerprint density at radius 3 is 3.00 bits per heavy atom. The van der Waals surface area contributed by atoms with Crippen molar-refractivity contribution in [3.05, 3.63) is 36.0 Å². The van der Waals surface area contributed by atoms with Gasteiger partial charge in [0.1, 0.15) is 0 Å². The zero-order valence-corrected chi connectivity index (χ0v) is 14.2. The predicted octanol–water partition coefficient (Wildman–Crippen LogP) is 2.64. The predicted molar refractivity (Wildman–Crippen MR) is 97.9 cm³/mol. The van der Waals surface area contributed by atoms with E-state index in [2.05, 4.69) is 49.0 Å². The maximum Gasteiger partial charge on any atom is 0.236 e. The van der Waals surface area contributed by atoms with Gasteiger partial charge in [-0.15, -0.1) is 0 Å². The highest BCUT2D eigenvalue weighted by Gasteiger charge is 2.20. The van der Waals surface area contributed by atoms with Gasteiger partial charge in [0.25, 0.3) is 0 Å². The van der Waals surface area contributed by atoms with Crippen molar-refractivity contribution in [2.24, 2.45) is 0 Å². The van der Waals surface area contributed by atoms with Gasteiger partial charge in [-0.05, 0) is 30.9 Å². The zero-order valence-electron chi connectivity index (χ0n) is 13.4. The molecule has 0 radical (unpaired) electrons. The molecule has 4 rings (SSSR count). The fourth-order valence-electron chi connectivity index (χ4n) is 3.12. The SMILES string of the molecule is OC1CCN(c2nc(NCCc3c[nH]c4ccccc34)ns2)CC1. The Hall–Kier alpha value is -2.12. The molecule has 1 aliphatic heterocycles. The molecule has 1 aliphatic rings. The van der Waals surface area contributed by atoms with Crippen molar-refractivity contribution in [3.63, 3.8) is 0 Å². The number of aromatic nitrogens is 3. The zero-order chi connectivity index (χ0) is 16.4. The van der Waals surface area contributed by atoms with Gasteiger partial charge in [0.2, 0.25) is 11.1 Å². The molecule has 0 amide bonds. The highest BCUT2D eigenvalue weighted by Crippen LogP contribution is 2.24. The van der Waals surface area contributed by atoms with E-state index in [1.54, 1.807) is 0 Å². The summed E-state index contributed by atoms with van der Waals surface area (Å²) in [5.74, 6) is 0.695. The van der Waals surface area contributed by atoms with Crippen molar-refractivity contribution < 1.29 is 5.11 Å². The van der Waals surface area contributed by atoms with E-state index < -0.39 is 0 Å². The van der Waals surface area contributed by atoms with Gasteiger partial charge in [-0.2, -0.15) is 9.36 Å². The molecule has 24 heavy (non-hydrogen) atoms. The van der Waals surface area contributed by atoms with E-state index in [1.807, 2.05) is 6.07 Å². The summed E-state index contributed by atoms with van der Waals surface area (Å²) < 4.78 is 4.40. The summed E-state index contributed by atoms with van der Waals surface area (Å²) in [4.78, 5) is 10.1. The second kappa shape index (κ2) is 6.78. The van der Waals surface area contributed by atoms with Crippen molar-refractivity contribution in [1.82, 2.24) is 14.3 Å². The van der Waals surface area contributed by atoms with E-state index >= 15 is 0 Å². The molecule has 1 aromatic carbocycles.